The van der Waals surface area contributed by atoms with Crippen molar-refractivity contribution < 1.29 is 14.6 Å². The maximum atomic E-state index is 11.5. The number of hydrogen-bond acceptors (Lipinski definition) is 5. The van der Waals surface area contributed by atoms with E-state index in [1.807, 2.05) is 10.8 Å². The first-order valence-electron chi connectivity index (χ1n) is 4.99. The molecule has 0 spiro atoms. The van der Waals surface area contributed by atoms with E-state index in [1.54, 1.807) is 15.7 Å². The molecule has 1 aliphatic rings. The number of aliphatic hydroxyl groups is 1. The van der Waals surface area contributed by atoms with Crippen LogP contribution < -0.4 is 0 Å². The zero-order valence-electron chi connectivity index (χ0n) is 8.85. The maximum absolute atomic E-state index is 11.5. The highest BCUT2D eigenvalue weighted by Crippen LogP contribution is 2.31. The van der Waals surface area contributed by atoms with Crippen LogP contribution >= 0.6 is 21.6 Å². The minimum atomic E-state index is -0.277. The summed E-state index contributed by atoms with van der Waals surface area (Å²) in [5.41, 5.74) is 0. The summed E-state index contributed by atoms with van der Waals surface area (Å²) < 4.78 is 4.75. The third kappa shape index (κ3) is 4.12. The average Bonchev–Trinajstić information content (AvgIpc) is 2.30. The Morgan fingerprint density at radius 3 is 2.93 bits per heavy atom. The summed E-state index contributed by atoms with van der Waals surface area (Å²) in [6.45, 7) is 0.696. The Kier molecular flexibility index (Phi) is 6.28. The lowest BCUT2D eigenvalue weighted by Crippen LogP contribution is -2.43. The molecule has 0 aliphatic carbocycles. The summed E-state index contributed by atoms with van der Waals surface area (Å²) >= 11 is 0. The van der Waals surface area contributed by atoms with E-state index in [0.29, 0.717) is 13.0 Å². The zero-order valence-corrected chi connectivity index (χ0v) is 10.5. The molecule has 15 heavy (non-hydrogen) atoms. The van der Waals surface area contributed by atoms with Crippen LogP contribution in [0, 0.1) is 0 Å². The molecule has 1 atom stereocenters. The number of carbonyl (C=O) groups excluding carboxylic acids is 1. The first-order valence-corrected chi connectivity index (χ1v) is 7.48. The maximum Gasteiger partial charge on any atom is 0.409 e. The first-order chi connectivity index (χ1) is 7.29. The van der Waals surface area contributed by atoms with Crippen LogP contribution in [0.2, 0.25) is 0 Å². The molecule has 1 unspecified atom stereocenters. The molecule has 1 rings (SSSR count). The van der Waals surface area contributed by atoms with Crippen molar-refractivity contribution in [3.8, 4) is 0 Å². The van der Waals surface area contributed by atoms with Gasteiger partial charge < -0.3 is 14.7 Å². The monoisotopic (exact) mass is 251 g/mol. The van der Waals surface area contributed by atoms with Gasteiger partial charge in [-0.15, -0.1) is 0 Å². The summed E-state index contributed by atoms with van der Waals surface area (Å²) in [6, 6.07) is 0.259. The minimum absolute atomic E-state index is 0.113. The number of methoxy groups -OCH3 is 1. The molecule has 0 saturated carbocycles. The molecule has 1 fully saturated rings. The molecule has 1 aliphatic heterocycles. The number of ether oxygens (including phenoxy) is 1. The van der Waals surface area contributed by atoms with E-state index in [2.05, 4.69) is 0 Å². The Balaban J connectivity index is 2.49. The fourth-order valence-corrected chi connectivity index (χ4v) is 3.97. The van der Waals surface area contributed by atoms with Gasteiger partial charge in [0.2, 0.25) is 0 Å². The summed E-state index contributed by atoms with van der Waals surface area (Å²) in [6.07, 6.45) is 1.35. The Morgan fingerprint density at radius 2 is 2.40 bits per heavy atom. The van der Waals surface area contributed by atoms with Crippen LogP contribution in [0.5, 0.6) is 0 Å². The lowest BCUT2D eigenvalue weighted by atomic mass is 10.2. The molecule has 1 saturated heterocycles. The fourth-order valence-electron chi connectivity index (χ4n) is 1.48. The second-order valence-corrected chi connectivity index (χ2v) is 5.92. The summed E-state index contributed by atoms with van der Waals surface area (Å²) in [5.74, 6) is 2.02. The van der Waals surface area contributed by atoms with Crippen molar-refractivity contribution in [2.24, 2.45) is 0 Å². The quantitative estimate of drug-likeness (QED) is 0.769. The van der Waals surface area contributed by atoms with Crippen molar-refractivity contribution in [2.45, 2.75) is 18.9 Å². The van der Waals surface area contributed by atoms with Crippen molar-refractivity contribution in [1.29, 1.82) is 0 Å². The van der Waals surface area contributed by atoms with Crippen LogP contribution in [0.15, 0.2) is 0 Å². The van der Waals surface area contributed by atoms with Gasteiger partial charge in [0.1, 0.15) is 0 Å². The highest BCUT2D eigenvalue weighted by Gasteiger charge is 2.26. The summed E-state index contributed by atoms with van der Waals surface area (Å²) in [4.78, 5) is 13.3. The lowest BCUT2D eigenvalue weighted by molar-refractivity contribution is 0.104. The van der Waals surface area contributed by atoms with Crippen molar-refractivity contribution >= 4 is 27.7 Å². The zero-order chi connectivity index (χ0) is 11.1. The molecule has 88 valence electrons. The van der Waals surface area contributed by atoms with E-state index in [1.165, 1.54) is 7.11 Å². The van der Waals surface area contributed by atoms with Crippen LogP contribution in [0.3, 0.4) is 0 Å². The normalized spacial score (nSPS) is 21.1. The molecule has 0 bridgehead atoms. The van der Waals surface area contributed by atoms with Crippen molar-refractivity contribution in [2.75, 3.05) is 31.8 Å². The predicted octanol–water partition coefficient (Wildman–Crippen LogP) is 1.59. The molecular formula is C9H17NO3S2. The van der Waals surface area contributed by atoms with Gasteiger partial charge >= 0.3 is 6.09 Å². The largest absolute Gasteiger partial charge is 0.453 e. The van der Waals surface area contributed by atoms with Gasteiger partial charge in [-0.2, -0.15) is 0 Å². The number of carbonyl (C=O) groups is 1. The predicted molar refractivity (Wildman–Crippen MR) is 64.1 cm³/mol. The van der Waals surface area contributed by atoms with Gasteiger partial charge in [0.05, 0.1) is 7.11 Å². The minimum Gasteiger partial charge on any atom is -0.453 e. The third-order valence-electron chi connectivity index (χ3n) is 2.29. The van der Waals surface area contributed by atoms with Gasteiger partial charge in [-0.1, -0.05) is 21.6 Å². The molecule has 0 radical (unpaired) electrons. The van der Waals surface area contributed by atoms with Gasteiger partial charge in [-0.05, 0) is 12.8 Å². The van der Waals surface area contributed by atoms with Crippen LogP contribution in [0.1, 0.15) is 12.8 Å². The van der Waals surface area contributed by atoms with Gasteiger partial charge in [-0.3, -0.25) is 0 Å². The van der Waals surface area contributed by atoms with Crippen molar-refractivity contribution in [1.82, 2.24) is 4.90 Å². The van der Waals surface area contributed by atoms with E-state index in [0.717, 1.165) is 17.9 Å². The van der Waals surface area contributed by atoms with E-state index in [9.17, 15) is 4.79 Å². The molecule has 4 nitrogen and oxygen atoms in total. The number of nitrogens with zero attached hydrogens (tertiary/aromatic N) is 1. The van der Waals surface area contributed by atoms with E-state index in [4.69, 9.17) is 9.84 Å². The Morgan fingerprint density at radius 1 is 1.60 bits per heavy atom. The topological polar surface area (TPSA) is 49.8 Å². The van der Waals surface area contributed by atoms with Crippen LogP contribution in [-0.4, -0.2) is 53.9 Å². The van der Waals surface area contributed by atoms with Crippen molar-refractivity contribution in [3.63, 3.8) is 0 Å². The Labute approximate surface area is 98.1 Å². The molecule has 1 N–H and O–H groups in total. The van der Waals surface area contributed by atoms with E-state index < -0.39 is 0 Å². The van der Waals surface area contributed by atoms with Gasteiger partial charge in [0, 0.05) is 30.7 Å². The highest BCUT2D eigenvalue weighted by atomic mass is 33.1. The van der Waals surface area contributed by atoms with E-state index >= 15 is 0 Å². The number of hydrogen-bond donors (Lipinski definition) is 1. The van der Waals surface area contributed by atoms with Gasteiger partial charge in [0.25, 0.3) is 0 Å². The highest BCUT2D eigenvalue weighted by molar-refractivity contribution is 8.76. The molecule has 1 heterocycles. The molecular weight excluding hydrogens is 234 g/mol. The van der Waals surface area contributed by atoms with Crippen LogP contribution in [-0.2, 0) is 4.74 Å². The summed E-state index contributed by atoms with van der Waals surface area (Å²) in [7, 11) is 5.05. The van der Waals surface area contributed by atoms with Crippen LogP contribution in [0.25, 0.3) is 0 Å². The van der Waals surface area contributed by atoms with Gasteiger partial charge in [0.15, 0.2) is 0 Å². The third-order valence-corrected chi connectivity index (χ3v) is 4.78. The Bertz CT molecular complexity index is 198. The fraction of sp³-hybridized carbons (Fsp3) is 0.889. The second-order valence-electron chi connectivity index (χ2n) is 3.29. The van der Waals surface area contributed by atoms with Crippen LogP contribution in [0.4, 0.5) is 4.79 Å². The summed E-state index contributed by atoms with van der Waals surface area (Å²) in [5, 5.41) is 8.78. The van der Waals surface area contributed by atoms with Gasteiger partial charge in [-0.25, -0.2) is 4.79 Å². The van der Waals surface area contributed by atoms with Crippen molar-refractivity contribution in [3.05, 3.63) is 0 Å². The average molecular weight is 251 g/mol. The standard InChI is InChI=1S/C9H17NO3S2/c1-13-9(12)10(4-2-5-11)8-3-6-14-15-7-8/h8,11H,2-7H2,1H3. The first kappa shape index (κ1) is 13.0. The molecule has 0 aromatic rings. The molecule has 1 amide bonds. The SMILES string of the molecule is COC(=O)N(CCCO)C1CCSSC1. The number of aliphatic hydroxyl groups excluding tert-OH is 1. The smallest absolute Gasteiger partial charge is 0.409 e. The molecule has 6 heteroatoms. The number of amides is 1. The lowest BCUT2D eigenvalue weighted by Gasteiger charge is -2.32. The number of rotatable bonds is 4. The molecule has 0 aromatic carbocycles. The Hall–Kier alpha value is -0.0700. The molecule has 0 aromatic heterocycles. The second kappa shape index (κ2) is 7.24. The van der Waals surface area contributed by atoms with E-state index in [-0.39, 0.29) is 18.7 Å².